The minimum atomic E-state index is -0.948. The van der Waals surface area contributed by atoms with E-state index >= 15 is 0 Å². The lowest BCUT2D eigenvalue weighted by molar-refractivity contribution is -0.154. The smallest absolute Gasteiger partial charge is 0.309 e. The third-order valence-electron chi connectivity index (χ3n) is 3.28. The Hall–Kier alpha value is -0.910. The van der Waals surface area contributed by atoms with Crippen LogP contribution in [0, 0.1) is 17.8 Å². The molecule has 2 aliphatic rings. The molecule has 0 saturated carbocycles. The summed E-state index contributed by atoms with van der Waals surface area (Å²) in [5.41, 5.74) is 0.693. The minimum Gasteiger partial charge on any atom is -0.481 e. The Bertz CT molecular complexity index is 298. The van der Waals surface area contributed by atoms with Gasteiger partial charge in [-0.15, -0.1) is 0 Å². The SMILES string of the molecule is O=C(O)[C@@H]1COC[C@@H]2C(CO)=C[C@H](O)[C@@H]21. The Morgan fingerprint density at radius 1 is 1.53 bits per heavy atom. The molecule has 5 heteroatoms. The van der Waals surface area contributed by atoms with Crippen LogP contribution < -0.4 is 0 Å². The van der Waals surface area contributed by atoms with Gasteiger partial charge in [0.25, 0.3) is 0 Å². The molecule has 0 aromatic rings. The van der Waals surface area contributed by atoms with Gasteiger partial charge in [0, 0.05) is 11.8 Å². The van der Waals surface area contributed by atoms with Gasteiger partial charge in [0.15, 0.2) is 0 Å². The Morgan fingerprint density at radius 3 is 2.87 bits per heavy atom. The van der Waals surface area contributed by atoms with Crippen LogP contribution in [0.2, 0.25) is 0 Å². The topological polar surface area (TPSA) is 87.0 Å². The summed E-state index contributed by atoms with van der Waals surface area (Å²) in [4.78, 5) is 11.0. The van der Waals surface area contributed by atoms with Crippen LogP contribution in [-0.2, 0) is 9.53 Å². The zero-order valence-corrected chi connectivity index (χ0v) is 8.17. The Morgan fingerprint density at radius 2 is 2.27 bits per heavy atom. The second kappa shape index (κ2) is 3.92. The molecular formula is C10H14O5. The summed E-state index contributed by atoms with van der Waals surface area (Å²) < 4.78 is 5.19. The number of aliphatic carboxylic acids is 1. The van der Waals surface area contributed by atoms with Crippen molar-refractivity contribution < 1.29 is 24.9 Å². The number of aliphatic hydroxyl groups excluding tert-OH is 2. The fraction of sp³-hybridized carbons (Fsp3) is 0.700. The van der Waals surface area contributed by atoms with E-state index < -0.39 is 18.0 Å². The molecule has 0 aromatic heterocycles. The zero-order chi connectivity index (χ0) is 11.0. The number of rotatable bonds is 2. The third kappa shape index (κ3) is 1.67. The summed E-state index contributed by atoms with van der Waals surface area (Å²) in [5, 5.41) is 27.8. The number of hydrogen-bond donors (Lipinski definition) is 3. The summed E-state index contributed by atoms with van der Waals surface area (Å²) in [6.07, 6.45) is 0.780. The first-order valence-corrected chi connectivity index (χ1v) is 4.95. The van der Waals surface area contributed by atoms with Gasteiger partial charge in [-0.1, -0.05) is 6.08 Å². The van der Waals surface area contributed by atoms with E-state index in [2.05, 4.69) is 0 Å². The molecule has 1 aliphatic heterocycles. The van der Waals surface area contributed by atoms with E-state index in [1.807, 2.05) is 0 Å². The van der Waals surface area contributed by atoms with Crippen molar-refractivity contribution in [3.05, 3.63) is 11.6 Å². The molecular weight excluding hydrogens is 200 g/mol. The fourth-order valence-electron chi connectivity index (χ4n) is 2.51. The first kappa shape index (κ1) is 10.6. The predicted molar refractivity (Wildman–Crippen MR) is 50.1 cm³/mol. The van der Waals surface area contributed by atoms with Gasteiger partial charge in [-0.05, 0) is 5.57 Å². The molecule has 4 atom stereocenters. The molecule has 1 saturated heterocycles. The number of carboxylic acid groups (broad SMARTS) is 1. The van der Waals surface area contributed by atoms with Gasteiger partial charge in [-0.3, -0.25) is 4.79 Å². The molecule has 3 N–H and O–H groups in total. The molecule has 1 heterocycles. The third-order valence-corrected chi connectivity index (χ3v) is 3.28. The molecule has 1 fully saturated rings. The molecule has 0 aromatic carbocycles. The van der Waals surface area contributed by atoms with Crippen LogP contribution in [0.25, 0.3) is 0 Å². The molecule has 0 bridgehead atoms. The van der Waals surface area contributed by atoms with Crippen molar-refractivity contribution >= 4 is 5.97 Å². The highest BCUT2D eigenvalue weighted by Crippen LogP contribution is 2.40. The monoisotopic (exact) mass is 214 g/mol. The summed E-state index contributed by atoms with van der Waals surface area (Å²) in [6.45, 7) is 0.381. The van der Waals surface area contributed by atoms with Gasteiger partial charge in [0.2, 0.25) is 0 Å². The maximum absolute atomic E-state index is 11.0. The van der Waals surface area contributed by atoms with Crippen LogP contribution in [-0.4, -0.2) is 47.2 Å². The maximum Gasteiger partial charge on any atom is 0.309 e. The normalized spacial score (nSPS) is 39.7. The van der Waals surface area contributed by atoms with E-state index in [0.29, 0.717) is 12.2 Å². The summed E-state index contributed by atoms with van der Waals surface area (Å²) >= 11 is 0. The predicted octanol–water partition coefficient (Wildman–Crippen LogP) is -0.757. The number of carboxylic acids is 1. The highest BCUT2D eigenvalue weighted by Gasteiger charge is 2.46. The van der Waals surface area contributed by atoms with E-state index in [-0.39, 0.29) is 25.0 Å². The lowest BCUT2D eigenvalue weighted by atomic mass is 9.79. The van der Waals surface area contributed by atoms with Gasteiger partial charge in [0.1, 0.15) is 0 Å². The molecule has 0 spiro atoms. The molecule has 15 heavy (non-hydrogen) atoms. The lowest BCUT2D eigenvalue weighted by Crippen LogP contribution is -2.43. The number of carbonyl (C=O) groups is 1. The summed E-state index contributed by atoms with van der Waals surface area (Å²) in [7, 11) is 0. The van der Waals surface area contributed by atoms with E-state index in [0.717, 1.165) is 0 Å². The summed E-state index contributed by atoms with van der Waals surface area (Å²) in [6, 6.07) is 0. The average molecular weight is 214 g/mol. The van der Waals surface area contributed by atoms with Crippen LogP contribution in [0.15, 0.2) is 11.6 Å². The second-order valence-electron chi connectivity index (χ2n) is 4.06. The van der Waals surface area contributed by atoms with Crippen LogP contribution in [0.1, 0.15) is 0 Å². The van der Waals surface area contributed by atoms with E-state index in [1.54, 1.807) is 6.08 Å². The van der Waals surface area contributed by atoms with Crippen molar-refractivity contribution in [1.29, 1.82) is 0 Å². The van der Waals surface area contributed by atoms with Crippen molar-refractivity contribution in [3.8, 4) is 0 Å². The van der Waals surface area contributed by atoms with Crippen LogP contribution in [0.5, 0.6) is 0 Å². The number of fused-ring (bicyclic) bond motifs is 1. The quantitative estimate of drug-likeness (QED) is 0.526. The number of hydrogen-bond acceptors (Lipinski definition) is 4. The minimum absolute atomic E-state index is 0.139. The molecule has 0 unspecified atom stereocenters. The van der Waals surface area contributed by atoms with Crippen molar-refractivity contribution in [2.75, 3.05) is 19.8 Å². The highest BCUT2D eigenvalue weighted by atomic mass is 16.5. The average Bonchev–Trinajstić information content (AvgIpc) is 2.55. The van der Waals surface area contributed by atoms with Gasteiger partial charge in [-0.25, -0.2) is 0 Å². The molecule has 5 nitrogen and oxygen atoms in total. The van der Waals surface area contributed by atoms with Gasteiger partial charge < -0.3 is 20.1 Å². The van der Waals surface area contributed by atoms with Crippen LogP contribution in [0.3, 0.4) is 0 Å². The van der Waals surface area contributed by atoms with E-state index in [9.17, 15) is 9.90 Å². The second-order valence-corrected chi connectivity index (χ2v) is 4.06. The fourth-order valence-corrected chi connectivity index (χ4v) is 2.51. The van der Waals surface area contributed by atoms with Crippen LogP contribution in [0.4, 0.5) is 0 Å². The Kier molecular flexibility index (Phi) is 2.77. The first-order chi connectivity index (χ1) is 7.15. The van der Waals surface area contributed by atoms with E-state index in [4.69, 9.17) is 14.9 Å². The lowest BCUT2D eigenvalue weighted by Gasteiger charge is -2.34. The van der Waals surface area contributed by atoms with Crippen molar-refractivity contribution in [2.45, 2.75) is 6.10 Å². The van der Waals surface area contributed by atoms with Crippen molar-refractivity contribution in [1.82, 2.24) is 0 Å². The number of ether oxygens (including phenoxy) is 1. The van der Waals surface area contributed by atoms with Gasteiger partial charge >= 0.3 is 5.97 Å². The standard InChI is InChI=1S/C10H14O5/c11-2-5-1-8(12)9-6(5)3-15-4-7(9)10(13)14/h1,6-9,11-12H,2-4H2,(H,13,14)/t6-,7-,8+,9+/m1/s1. The Labute approximate surface area is 87.0 Å². The molecule has 0 radical (unpaired) electrons. The zero-order valence-electron chi connectivity index (χ0n) is 8.17. The Balaban J connectivity index is 2.22. The first-order valence-electron chi connectivity index (χ1n) is 4.95. The van der Waals surface area contributed by atoms with Crippen molar-refractivity contribution in [3.63, 3.8) is 0 Å². The molecule has 84 valence electrons. The maximum atomic E-state index is 11.0. The molecule has 0 amide bonds. The highest BCUT2D eigenvalue weighted by molar-refractivity contribution is 5.71. The van der Waals surface area contributed by atoms with Crippen molar-refractivity contribution in [2.24, 2.45) is 17.8 Å². The largest absolute Gasteiger partial charge is 0.481 e. The van der Waals surface area contributed by atoms with Crippen LogP contribution >= 0.6 is 0 Å². The molecule has 2 rings (SSSR count). The van der Waals surface area contributed by atoms with Gasteiger partial charge in [0.05, 0.1) is 31.8 Å². The number of aliphatic hydroxyl groups is 2. The molecule has 1 aliphatic carbocycles. The summed E-state index contributed by atoms with van der Waals surface area (Å²) in [5.74, 6) is -2.13. The van der Waals surface area contributed by atoms with Gasteiger partial charge in [-0.2, -0.15) is 0 Å². The van der Waals surface area contributed by atoms with E-state index in [1.165, 1.54) is 0 Å².